The van der Waals surface area contributed by atoms with Crippen LogP contribution in [0.4, 0.5) is 11.4 Å². The molecule has 33 heavy (non-hydrogen) atoms. The number of amides is 1. The predicted octanol–water partition coefficient (Wildman–Crippen LogP) is 3.03. The molecule has 3 aromatic rings. The molecular weight excluding hydrogens is 456 g/mol. The molecule has 0 saturated carbocycles. The molecule has 1 amide bonds. The number of hydrogen-bond donors (Lipinski definition) is 1. The summed E-state index contributed by atoms with van der Waals surface area (Å²) in [5.41, 5.74) is 1.70. The zero-order valence-corrected chi connectivity index (χ0v) is 17.3. The van der Waals surface area contributed by atoms with Crippen LogP contribution in [0.3, 0.4) is 0 Å². The standard InChI is InChI=1S/C20H14N4O8S/c25-20(18-6-1-2-7-19(18)24(28)29)22-21-13-14-4-3-5-16(12-14)32-33(30,31)17-10-8-15(9-11-17)23(26)27/h1-13H,(H,22,25)/b21-13-. The highest BCUT2D eigenvalue weighted by Gasteiger charge is 2.19. The topological polar surface area (TPSA) is 171 Å². The average Bonchev–Trinajstić information content (AvgIpc) is 2.79. The van der Waals surface area contributed by atoms with Gasteiger partial charge in [0.05, 0.1) is 16.1 Å². The minimum atomic E-state index is -4.26. The van der Waals surface area contributed by atoms with Crippen molar-refractivity contribution in [1.82, 2.24) is 5.43 Å². The van der Waals surface area contributed by atoms with Gasteiger partial charge in [0.2, 0.25) is 0 Å². The molecule has 0 fully saturated rings. The van der Waals surface area contributed by atoms with Gasteiger partial charge in [-0.05, 0) is 35.9 Å². The summed E-state index contributed by atoms with van der Waals surface area (Å²) in [5, 5.41) is 25.4. The van der Waals surface area contributed by atoms with Crippen LogP contribution in [0.2, 0.25) is 0 Å². The molecule has 0 aromatic heterocycles. The SMILES string of the molecule is O=C(N/N=C\c1cccc(OS(=O)(=O)c2ccc([N+](=O)[O-])cc2)c1)c1ccccc1[N+](=O)[O-]. The van der Waals surface area contributed by atoms with Gasteiger partial charge in [0.15, 0.2) is 0 Å². The second kappa shape index (κ2) is 9.65. The summed E-state index contributed by atoms with van der Waals surface area (Å²) >= 11 is 0. The van der Waals surface area contributed by atoms with E-state index < -0.39 is 25.9 Å². The van der Waals surface area contributed by atoms with E-state index in [1.165, 1.54) is 48.7 Å². The number of non-ortho nitro benzene ring substituents is 1. The molecule has 13 heteroatoms. The summed E-state index contributed by atoms with van der Waals surface area (Å²) in [4.78, 5) is 32.3. The van der Waals surface area contributed by atoms with Crippen LogP contribution in [-0.2, 0) is 10.1 Å². The largest absolute Gasteiger partial charge is 0.379 e. The number of hydrogen-bond acceptors (Lipinski definition) is 9. The van der Waals surface area contributed by atoms with E-state index in [-0.39, 0.29) is 27.6 Å². The van der Waals surface area contributed by atoms with E-state index in [0.29, 0.717) is 5.56 Å². The first-order valence-corrected chi connectivity index (χ1v) is 10.4. The molecule has 0 aliphatic rings. The molecule has 0 unspecified atom stereocenters. The fourth-order valence-corrected chi connectivity index (χ4v) is 3.53. The summed E-state index contributed by atoms with van der Waals surface area (Å²) in [5.74, 6) is -0.867. The molecule has 1 N–H and O–H groups in total. The molecule has 3 aromatic carbocycles. The van der Waals surface area contributed by atoms with Crippen LogP contribution in [-0.4, -0.2) is 30.4 Å². The van der Waals surface area contributed by atoms with Gasteiger partial charge >= 0.3 is 10.1 Å². The first kappa shape index (κ1) is 23.0. The van der Waals surface area contributed by atoms with Crippen molar-refractivity contribution in [2.24, 2.45) is 5.10 Å². The van der Waals surface area contributed by atoms with E-state index in [4.69, 9.17) is 4.18 Å². The lowest BCUT2D eigenvalue weighted by atomic mass is 10.2. The Morgan fingerprint density at radius 2 is 1.64 bits per heavy atom. The van der Waals surface area contributed by atoms with E-state index in [1.54, 1.807) is 6.07 Å². The summed E-state index contributed by atoms with van der Waals surface area (Å²) in [6.45, 7) is 0. The first-order valence-electron chi connectivity index (χ1n) is 9.03. The Kier molecular flexibility index (Phi) is 6.74. The quantitative estimate of drug-likeness (QED) is 0.226. The van der Waals surface area contributed by atoms with Gasteiger partial charge in [-0.15, -0.1) is 0 Å². The number of rotatable bonds is 8. The van der Waals surface area contributed by atoms with Gasteiger partial charge in [-0.25, -0.2) is 5.43 Å². The molecule has 0 bridgehead atoms. The van der Waals surface area contributed by atoms with Crippen molar-refractivity contribution in [2.45, 2.75) is 4.90 Å². The molecule has 0 heterocycles. The van der Waals surface area contributed by atoms with Gasteiger partial charge in [0.25, 0.3) is 17.3 Å². The molecule has 0 atom stereocenters. The molecular formula is C20H14N4O8S. The summed E-state index contributed by atoms with van der Waals surface area (Å²) < 4.78 is 29.9. The Labute approximate surface area is 186 Å². The number of nitro groups is 2. The molecule has 0 saturated heterocycles. The van der Waals surface area contributed by atoms with Crippen LogP contribution in [0.1, 0.15) is 15.9 Å². The predicted molar refractivity (Wildman–Crippen MR) is 116 cm³/mol. The van der Waals surface area contributed by atoms with Crippen molar-refractivity contribution in [3.8, 4) is 5.75 Å². The van der Waals surface area contributed by atoms with Crippen molar-refractivity contribution in [3.63, 3.8) is 0 Å². The van der Waals surface area contributed by atoms with Crippen molar-refractivity contribution in [3.05, 3.63) is 104 Å². The molecule has 168 valence electrons. The Morgan fingerprint density at radius 3 is 2.30 bits per heavy atom. The number of carbonyl (C=O) groups is 1. The molecule has 0 aliphatic carbocycles. The number of benzene rings is 3. The lowest BCUT2D eigenvalue weighted by Gasteiger charge is -2.07. The van der Waals surface area contributed by atoms with Gasteiger partial charge in [0, 0.05) is 18.2 Å². The first-order chi connectivity index (χ1) is 15.7. The number of nitrogens with zero attached hydrogens (tertiary/aromatic N) is 3. The summed E-state index contributed by atoms with van der Waals surface area (Å²) in [7, 11) is -4.26. The lowest BCUT2D eigenvalue weighted by Crippen LogP contribution is -2.18. The highest BCUT2D eigenvalue weighted by Crippen LogP contribution is 2.22. The highest BCUT2D eigenvalue weighted by atomic mass is 32.2. The Balaban J connectivity index is 1.71. The normalized spacial score (nSPS) is 11.2. The Morgan fingerprint density at radius 1 is 0.939 bits per heavy atom. The van der Waals surface area contributed by atoms with E-state index in [0.717, 1.165) is 24.3 Å². The van der Waals surface area contributed by atoms with Crippen LogP contribution in [0.25, 0.3) is 0 Å². The lowest BCUT2D eigenvalue weighted by molar-refractivity contribution is -0.385. The number of nitrogens with one attached hydrogen (secondary N) is 1. The average molecular weight is 470 g/mol. The third-order valence-electron chi connectivity index (χ3n) is 4.13. The minimum Gasteiger partial charge on any atom is -0.379 e. The molecule has 0 radical (unpaired) electrons. The van der Waals surface area contributed by atoms with Crippen molar-refractivity contribution in [1.29, 1.82) is 0 Å². The van der Waals surface area contributed by atoms with Gasteiger partial charge < -0.3 is 4.18 Å². The van der Waals surface area contributed by atoms with E-state index in [1.807, 2.05) is 0 Å². The summed E-state index contributed by atoms with van der Waals surface area (Å²) in [6, 6.07) is 15.3. The zero-order chi connectivity index (χ0) is 24.0. The van der Waals surface area contributed by atoms with E-state index in [9.17, 15) is 33.4 Å². The second-order valence-electron chi connectivity index (χ2n) is 6.33. The fraction of sp³-hybridized carbons (Fsp3) is 0. The smallest absolute Gasteiger partial charge is 0.339 e. The van der Waals surface area contributed by atoms with Crippen LogP contribution in [0, 0.1) is 20.2 Å². The van der Waals surface area contributed by atoms with Gasteiger partial charge in [-0.3, -0.25) is 25.0 Å². The zero-order valence-electron chi connectivity index (χ0n) is 16.5. The molecule has 0 spiro atoms. The van der Waals surface area contributed by atoms with Crippen molar-refractivity contribution >= 4 is 33.6 Å². The molecule has 0 aliphatic heterocycles. The van der Waals surface area contributed by atoms with Crippen LogP contribution in [0.15, 0.2) is 82.8 Å². The number of carbonyl (C=O) groups excluding carboxylic acids is 1. The summed E-state index contributed by atoms with van der Waals surface area (Å²) in [6.07, 6.45) is 1.19. The number of nitro benzene ring substituents is 2. The minimum absolute atomic E-state index is 0.0673. The monoisotopic (exact) mass is 470 g/mol. The Hall–Kier alpha value is -4.65. The maximum Gasteiger partial charge on any atom is 0.339 e. The van der Waals surface area contributed by atoms with Crippen LogP contribution < -0.4 is 9.61 Å². The Bertz CT molecular complexity index is 1350. The van der Waals surface area contributed by atoms with Crippen molar-refractivity contribution < 1.29 is 27.2 Å². The number of para-hydroxylation sites is 1. The van der Waals surface area contributed by atoms with Crippen molar-refractivity contribution in [2.75, 3.05) is 0 Å². The fourth-order valence-electron chi connectivity index (χ4n) is 2.61. The van der Waals surface area contributed by atoms with Gasteiger partial charge in [-0.2, -0.15) is 13.5 Å². The van der Waals surface area contributed by atoms with E-state index in [2.05, 4.69) is 10.5 Å². The third-order valence-corrected chi connectivity index (χ3v) is 5.39. The molecule has 3 rings (SSSR count). The maximum absolute atomic E-state index is 12.4. The van der Waals surface area contributed by atoms with Gasteiger partial charge in [0.1, 0.15) is 16.2 Å². The maximum atomic E-state index is 12.4. The van der Waals surface area contributed by atoms with E-state index >= 15 is 0 Å². The van der Waals surface area contributed by atoms with Crippen LogP contribution >= 0.6 is 0 Å². The highest BCUT2D eigenvalue weighted by molar-refractivity contribution is 7.87. The number of hydrazone groups is 1. The van der Waals surface area contributed by atoms with Gasteiger partial charge in [-0.1, -0.05) is 24.3 Å². The third kappa shape index (κ3) is 5.74. The molecule has 12 nitrogen and oxygen atoms in total. The van der Waals surface area contributed by atoms with Crippen LogP contribution in [0.5, 0.6) is 5.75 Å². The second-order valence-corrected chi connectivity index (χ2v) is 7.88.